The molecule has 3 nitrogen and oxygen atoms in total. The minimum atomic E-state index is 0.0880. The van der Waals surface area contributed by atoms with Crippen molar-refractivity contribution in [2.24, 2.45) is 0 Å². The summed E-state index contributed by atoms with van der Waals surface area (Å²) in [5.74, 6) is 0.176. The molecule has 0 unspecified atom stereocenters. The fourth-order valence-electron chi connectivity index (χ4n) is 3.17. The lowest BCUT2D eigenvalue weighted by molar-refractivity contribution is -0.0450. The Balaban J connectivity index is 0.000000173. The third-order valence-corrected chi connectivity index (χ3v) is 4.32. The molecule has 3 heteroatoms. The second kappa shape index (κ2) is 8.93. The first-order chi connectivity index (χ1) is 10.2. The number of ether oxygens (including phenoxy) is 1. The zero-order valence-corrected chi connectivity index (χ0v) is 12.8. The number of hydrogen-bond acceptors (Lipinski definition) is 3. The van der Waals surface area contributed by atoms with Crippen LogP contribution < -0.4 is 0 Å². The molecule has 2 fully saturated rings. The van der Waals surface area contributed by atoms with Gasteiger partial charge in [0.25, 0.3) is 0 Å². The van der Waals surface area contributed by atoms with Gasteiger partial charge in [0.15, 0.2) is 0 Å². The fraction of sp³-hybridized carbons (Fsp3) is 0.667. The van der Waals surface area contributed by atoms with Crippen molar-refractivity contribution in [3.8, 4) is 11.5 Å². The highest BCUT2D eigenvalue weighted by Crippen LogP contribution is 2.27. The smallest absolute Gasteiger partial charge is 0.119 e. The highest BCUT2D eigenvalue weighted by atomic mass is 16.5. The molecule has 0 aromatic heterocycles. The van der Waals surface area contributed by atoms with Crippen molar-refractivity contribution in [1.82, 2.24) is 0 Å². The number of phenolic OH excluding ortho intramolecular Hbond substituents is 2. The first-order valence-electron chi connectivity index (χ1n) is 8.37. The molecule has 3 rings (SSSR count). The molecule has 0 heterocycles. The van der Waals surface area contributed by atoms with Gasteiger partial charge in [-0.25, -0.2) is 0 Å². The zero-order valence-electron chi connectivity index (χ0n) is 12.8. The number of rotatable bonds is 2. The molecule has 2 aliphatic rings. The minimum absolute atomic E-state index is 0.0880. The third kappa shape index (κ3) is 6.38. The topological polar surface area (TPSA) is 49.7 Å². The maximum atomic E-state index is 8.65. The minimum Gasteiger partial charge on any atom is -0.508 e. The summed E-state index contributed by atoms with van der Waals surface area (Å²) >= 11 is 0. The van der Waals surface area contributed by atoms with Crippen LogP contribution >= 0.6 is 0 Å². The number of benzene rings is 1. The predicted octanol–water partition coefficient (Wildman–Crippen LogP) is 4.77. The van der Waals surface area contributed by atoms with Crippen LogP contribution in [-0.4, -0.2) is 22.4 Å². The molecular formula is C18H28O3. The lowest BCUT2D eigenvalue weighted by atomic mass is 9.95. The second-order valence-corrected chi connectivity index (χ2v) is 6.18. The van der Waals surface area contributed by atoms with Crippen LogP contribution in [0.5, 0.6) is 11.5 Å². The van der Waals surface area contributed by atoms with E-state index in [0.717, 1.165) is 0 Å². The van der Waals surface area contributed by atoms with Gasteiger partial charge in [0.2, 0.25) is 0 Å². The van der Waals surface area contributed by atoms with E-state index in [1.807, 2.05) is 0 Å². The average molecular weight is 292 g/mol. The Morgan fingerprint density at radius 1 is 0.714 bits per heavy atom. The summed E-state index contributed by atoms with van der Waals surface area (Å²) in [4.78, 5) is 0. The van der Waals surface area contributed by atoms with Crippen molar-refractivity contribution in [1.29, 1.82) is 0 Å². The van der Waals surface area contributed by atoms with E-state index in [1.54, 1.807) is 6.07 Å². The van der Waals surface area contributed by atoms with Crippen molar-refractivity contribution < 1.29 is 14.9 Å². The Hall–Kier alpha value is -1.22. The number of aromatic hydroxyl groups is 2. The third-order valence-electron chi connectivity index (χ3n) is 4.32. The van der Waals surface area contributed by atoms with Gasteiger partial charge in [-0.3, -0.25) is 0 Å². The SMILES string of the molecule is C1CCC(OC2CCCCC2)CC1.Oc1cccc(O)c1. The van der Waals surface area contributed by atoms with E-state index in [1.165, 1.54) is 82.4 Å². The van der Waals surface area contributed by atoms with Gasteiger partial charge in [-0.15, -0.1) is 0 Å². The van der Waals surface area contributed by atoms with Crippen LogP contribution in [0.25, 0.3) is 0 Å². The zero-order chi connectivity index (χ0) is 14.9. The van der Waals surface area contributed by atoms with E-state index < -0.39 is 0 Å². The maximum absolute atomic E-state index is 8.65. The molecule has 21 heavy (non-hydrogen) atoms. The molecule has 0 atom stereocenters. The average Bonchev–Trinajstić information content (AvgIpc) is 2.50. The van der Waals surface area contributed by atoms with Crippen LogP contribution in [0.4, 0.5) is 0 Å². The molecule has 2 aliphatic carbocycles. The van der Waals surface area contributed by atoms with Crippen LogP contribution in [0.1, 0.15) is 64.2 Å². The quantitative estimate of drug-likeness (QED) is 0.825. The Morgan fingerprint density at radius 2 is 1.14 bits per heavy atom. The molecule has 0 aliphatic heterocycles. The molecule has 0 bridgehead atoms. The monoisotopic (exact) mass is 292 g/mol. The summed E-state index contributed by atoms with van der Waals surface area (Å²) in [5.41, 5.74) is 0. The van der Waals surface area contributed by atoms with Crippen molar-refractivity contribution in [3.63, 3.8) is 0 Å². The molecule has 0 saturated heterocycles. The summed E-state index contributed by atoms with van der Waals surface area (Å²) < 4.78 is 6.13. The standard InChI is InChI=1S/C12H22O.C6H6O2/c1-3-7-11(8-4-1)13-12-9-5-2-6-10-12;7-5-2-1-3-6(8)4-5/h11-12H,1-10H2;1-4,7-8H. The Kier molecular flexibility index (Phi) is 6.87. The van der Waals surface area contributed by atoms with Gasteiger partial charge in [0.1, 0.15) is 11.5 Å². The molecule has 118 valence electrons. The summed E-state index contributed by atoms with van der Waals surface area (Å²) in [5, 5.41) is 17.3. The lowest BCUT2D eigenvalue weighted by Gasteiger charge is -2.29. The molecule has 1 aromatic carbocycles. The highest BCUT2D eigenvalue weighted by molar-refractivity contribution is 5.30. The van der Waals surface area contributed by atoms with Gasteiger partial charge in [-0.1, -0.05) is 44.6 Å². The van der Waals surface area contributed by atoms with E-state index in [0.29, 0.717) is 12.2 Å². The van der Waals surface area contributed by atoms with Gasteiger partial charge in [-0.05, 0) is 37.8 Å². The van der Waals surface area contributed by atoms with Gasteiger partial charge in [0.05, 0.1) is 12.2 Å². The van der Waals surface area contributed by atoms with E-state index >= 15 is 0 Å². The van der Waals surface area contributed by atoms with Gasteiger partial charge in [-0.2, -0.15) is 0 Å². The van der Waals surface area contributed by atoms with Crippen LogP contribution in [0, 0.1) is 0 Å². The molecule has 2 saturated carbocycles. The van der Waals surface area contributed by atoms with Crippen molar-refractivity contribution in [2.75, 3.05) is 0 Å². The lowest BCUT2D eigenvalue weighted by Crippen LogP contribution is -2.25. The molecular weight excluding hydrogens is 264 g/mol. The van der Waals surface area contributed by atoms with E-state index in [2.05, 4.69) is 0 Å². The van der Waals surface area contributed by atoms with E-state index in [-0.39, 0.29) is 11.5 Å². The molecule has 0 spiro atoms. The van der Waals surface area contributed by atoms with Gasteiger partial charge < -0.3 is 14.9 Å². The summed E-state index contributed by atoms with van der Waals surface area (Å²) in [6.07, 6.45) is 15.0. The first kappa shape index (κ1) is 16.2. The largest absolute Gasteiger partial charge is 0.508 e. The van der Waals surface area contributed by atoms with Crippen LogP contribution in [0.2, 0.25) is 0 Å². The van der Waals surface area contributed by atoms with Crippen molar-refractivity contribution in [3.05, 3.63) is 24.3 Å². The molecule has 0 amide bonds. The Bertz CT molecular complexity index is 360. The maximum Gasteiger partial charge on any atom is 0.119 e. The van der Waals surface area contributed by atoms with Crippen molar-refractivity contribution >= 4 is 0 Å². The van der Waals surface area contributed by atoms with Crippen molar-refractivity contribution in [2.45, 2.75) is 76.4 Å². The summed E-state index contributed by atoms with van der Waals surface area (Å²) in [6, 6.07) is 5.85. The Morgan fingerprint density at radius 3 is 1.48 bits per heavy atom. The van der Waals surface area contributed by atoms with Crippen LogP contribution in [0.15, 0.2) is 24.3 Å². The second-order valence-electron chi connectivity index (χ2n) is 6.18. The number of phenols is 2. The summed E-state index contributed by atoms with van der Waals surface area (Å²) in [6.45, 7) is 0. The highest BCUT2D eigenvalue weighted by Gasteiger charge is 2.20. The molecule has 2 N–H and O–H groups in total. The predicted molar refractivity (Wildman–Crippen MR) is 84.6 cm³/mol. The molecule has 1 aromatic rings. The normalized spacial score (nSPS) is 20.6. The summed E-state index contributed by atoms with van der Waals surface area (Å²) in [7, 11) is 0. The fourth-order valence-corrected chi connectivity index (χ4v) is 3.17. The van der Waals surface area contributed by atoms with Crippen LogP contribution in [0.3, 0.4) is 0 Å². The van der Waals surface area contributed by atoms with Crippen LogP contribution in [-0.2, 0) is 4.74 Å². The first-order valence-corrected chi connectivity index (χ1v) is 8.37. The van der Waals surface area contributed by atoms with E-state index in [9.17, 15) is 0 Å². The van der Waals surface area contributed by atoms with Gasteiger partial charge >= 0.3 is 0 Å². The molecule has 0 radical (unpaired) electrons. The van der Waals surface area contributed by atoms with E-state index in [4.69, 9.17) is 14.9 Å². The van der Waals surface area contributed by atoms with Gasteiger partial charge in [0, 0.05) is 6.07 Å². The Labute approximate surface area is 128 Å². The number of hydrogen-bond donors (Lipinski definition) is 2.